The smallest absolute Gasteiger partial charge is 0.191 e. The monoisotopic (exact) mass is 418 g/mol. The van der Waals surface area contributed by atoms with E-state index in [-0.39, 0.29) is 36.5 Å². The highest BCUT2D eigenvalue weighted by Crippen LogP contribution is 2.15. The van der Waals surface area contributed by atoms with Crippen LogP contribution in [-0.2, 0) is 6.42 Å². The number of nitrogens with zero attached hydrogens (tertiary/aromatic N) is 3. The maximum atomic E-state index is 9.50. The summed E-state index contributed by atoms with van der Waals surface area (Å²) in [6.45, 7) is 4.87. The van der Waals surface area contributed by atoms with Crippen molar-refractivity contribution in [2.24, 2.45) is 22.6 Å². The molecule has 2 rings (SSSR count). The Morgan fingerprint density at radius 2 is 2.36 bits per heavy atom. The van der Waals surface area contributed by atoms with Gasteiger partial charge in [0.05, 0.1) is 0 Å². The number of aliphatic hydroxyl groups excluding tert-OH is 1. The molecule has 1 aliphatic heterocycles. The molecule has 22 heavy (non-hydrogen) atoms. The molecule has 1 aromatic heterocycles. The molecule has 0 saturated carbocycles. The van der Waals surface area contributed by atoms with Crippen LogP contribution in [0, 0.1) is 11.8 Å². The number of rotatable bonds is 5. The SMILES string of the molecule is CC1CCCN(C(N)=NCC(CO)Cc2ccccn2)C1.I. The van der Waals surface area contributed by atoms with Gasteiger partial charge in [-0.3, -0.25) is 9.98 Å². The van der Waals surface area contributed by atoms with Crippen LogP contribution in [0.15, 0.2) is 29.4 Å². The Kier molecular flexibility index (Phi) is 8.70. The lowest BCUT2D eigenvalue weighted by atomic mass is 10.0. The Bertz CT molecular complexity index is 455. The Balaban J connectivity index is 0.00000242. The first-order chi connectivity index (χ1) is 10.2. The van der Waals surface area contributed by atoms with Gasteiger partial charge in [-0.1, -0.05) is 13.0 Å². The van der Waals surface area contributed by atoms with Crippen LogP contribution in [0.3, 0.4) is 0 Å². The molecule has 0 aliphatic carbocycles. The average molecular weight is 418 g/mol. The number of piperidine rings is 1. The van der Waals surface area contributed by atoms with Crippen LogP contribution in [0.2, 0.25) is 0 Å². The van der Waals surface area contributed by atoms with E-state index < -0.39 is 0 Å². The molecule has 124 valence electrons. The molecule has 5 nitrogen and oxygen atoms in total. The molecule has 1 aliphatic rings. The van der Waals surface area contributed by atoms with Crippen molar-refractivity contribution in [3.8, 4) is 0 Å². The first-order valence-electron chi connectivity index (χ1n) is 7.74. The maximum Gasteiger partial charge on any atom is 0.191 e. The maximum absolute atomic E-state index is 9.50. The predicted molar refractivity (Wildman–Crippen MR) is 100 cm³/mol. The van der Waals surface area contributed by atoms with Gasteiger partial charge in [0.15, 0.2) is 5.96 Å². The summed E-state index contributed by atoms with van der Waals surface area (Å²) in [5.41, 5.74) is 7.07. The minimum atomic E-state index is 0. The summed E-state index contributed by atoms with van der Waals surface area (Å²) in [5, 5.41) is 9.50. The lowest BCUT2D eigenvalue weighted by molar-refractivity contribution is 0.227. The van der Waals surface area contributed by atoms with Gasteiger partial charge < -0.3 is 15.7 Å². The molecular formula is C16H27IN4O. The zero-order valence-electron chi connectivity index (χ0n) is 13.2. The summed E-state index contributed by atoms with van der Waals surface area (Å²) in [5.74, 6) is 1.36. The lowest BCUT2D eigenvalue weighted by Crippen LogP contribution is -2.43. The number of halogens is 1. The van der Waals surface area contributed by atoms with Gasteiger partial charge in [0.25, 0.3) is 0 Å². The molecule has 0 radical (unpaired) electrons. The molecule has 1 saturated heterocycles. The summed E-state index contributed by atoms with van der Waals surface area (Å²) >= 11 is 0. The van der Waals surface area contributed by atoms with Crippen molar-refractivity contribution in [1.29, 1.82) is 0 Å². The van der Waals surface area contributed by atoms with Crippen molar-refractivity contribution in [1.82, 2.24) is 9.88 Å². The van der Waals surface area contributed by atoms with E-state index in [0.717, 1.165) is 25.2 Å². The fourth-order valence-corrected chi connectivity index (χ4v) is 2.72. The minimum Gasteiger partial charge on any atom is -0.396 e. The Labute approximate surface area is 150 Å². The van der Waals surface area contributed by atoms with E-state index in [1.807, 2.05) is 18.2 Å². The number of aliphatic imine (C=N–C) groups is 1. The number of pyridine rings is 1. The van der Waals surface area contributed by atoms with Crippen molar-refractivity contribution >= 4 is 29.9 Å². The summed E-state index contributed by atoms with van der Waals surface area (Å²) < 4.78 is 0. The summed E-state index contributed by atoms with van der Waals surface area (Å²) in [7, 11) is 0. The first kappa shape index (κ1) is 19.2. The quantitative estimate of drug-likeness (QED) is 0.435. The van der Waals surface area contributed by atoms with E-state index >= 15 is 0 Å². The molecule has 0 spiro atoms. The highest BCUT2D eigenvalue weighted by molar-refractivity contribution is 14.0. The number of likely N-dealkylation sites (tertiary alicyclic amines) is 1. The molecule has 0 amide bonds. The van der Waals surface area contributed by atoms with Gasteiger partial charge in [0, 0.05) is 44.0 Å². The number of hydrogen-bond acceptors (Lipinski definition) is 3. The molecule has 0 aromatic carbocycles. The highest BCUT2D eigenvalue weighted by atomic mass is 127. The van der Waals surface area contributed by atoms with E-state index in [4.69, 9.17) is 5.73 Å². The molecule has 2 atom stereocenters. The topological polar surface area (TPSA) is 74.7 Å². The number of aromatic nitrogens is 1. The van der Waals surface area contributed by atoms with E-state index in [0.29, 0.717) is 18.4 Å². The van der Waals surface area contributed by atoms with Crippen molar-refractivity contribution in [3.63, 3.8) is 0 Å². The van der Waals surface area contributed by atoms with Crippen LogP contribution in [-0.4, -0.2) is 47.2 Å². The van der Waals surface area contributed by atoms with Crippen LogP contribution in [0.25, 0.3) is 0 Å². The first-order valence-corrected chi connectivity index (χ1v) is 7.74. The van der Waals surface area contributed by atoms with E-state index in [9.17, 15) is 5.11 Å². The summed E-state index contributed by atoms with van der Waals surface area (Å²) in [4.78, 5) is 10.9. The van der Waals surface area contributed by atoms with Gasteiger partial charge in [-0.15, -0.1) is 24.0 Å². The Morgan fingerprint density at radius 3 is 3.00 bits per heavy atom. The molecule has 2 heterocycles. The number of guanidine groups is 1. The third-order valence-corrected chi connectivity index (χ3v) is 3.97. The van der Waals surface area contributed by atoms with Crippen LogP contribution < -0.4 is 5.73 Å². The zero-order chi connectivity index (χ0) is 15.1. The van der Waals surface area contributed by atoms with Gasteiger partial charge in [0.2, 0.25) is 0 Å². The largest absolute Gasteiger partial charge is 0.396 e. The number of hydrogen-bond donors (Lipinski definition) is 2. The predicted octanol–water partition coefficient (Wildman–Crippen LogP) is 1.90. The van der Waals surface area contributed by atoms with Crippen LogP contribution in [0.4, 0.5) is 0 Å². The van der Waals surface area contributed by atoms with Crippen molar-refractivity contribution in [3.05, 3.63) is 30.1 Å². The minimum absolute atomic E-state index is 0. The van der Waals surface area contributed by atoms with Crippen molar-refractivity contribution < 1.29 is 5.11 Å². The fraction of sp³-hybridized carbons (Fsp3) is 0.625. The molecular weight excluding hydrogens is 391 g/mol. The Morgan fingerprint density at radius 1 is 1.55 bits per heavy atom. The second kappa shape index (κ2) is 9.99. The second-order valence-electron chi connectivity index (χ2n) is 5.97. The summed E-state index contributed by atoms with van der Waals surface area (Å²) in [6, 6.07) is 5.83. The normalized spacial score (nSPS) is 20.4. The zero-order valence-corrected chi connectivity index (χ0v) is 15.5. The molecule has 2 unspecified atom stereocenters. The fourth-order valence-electron chi connectivity index (χ4n) is 2.72. The second-order valence-corrected chi connectivity index (χ2v) is 5.97. The van der Waals surface area contributed by atoms with Gasteiger partial charge in [-0.25, -0.2) is 0 Å². The summed E-state index contributed by atoms with van der Waals surface area (Å²) in [6.07, 6.45) is 4.94. The van der Waals surface area contributed by atoms with E-state index in [1.54, 1.807) is 6.20 Å². The van der Waals surface area contributed by atoms with Gasteiger partial charge in [0.1, 0.15) is 0 Å². The molecule has 6 heteroatoms. The van der Waals surface area contributed by atoms with Crippen molar-refractivity contribution in [2.45, 2.75) is 26.2 Å². The standard InChI is InChI=1S/C16H26N4O.HI/c1-13-5-4-8-20(11-13)16(17)19-10-14(12-21)9-15-6-2-3-7-18-15;/h2-3,6-7,13-14,21H,4-5,8-12H2,1H3,(H2,17,19);1H. The van der Waals surface area contributed by atoms with Crippen LogP contribution >= 0.6 is 24.0 Å². The third kappa shape index (κ3) is 6.08. The van der Waals surface area contributed by atoms with E-state index in [1.165, 1.54) is 12.8 Å². The average Bonchev–Trinajstić information content (AvgIpc) is 2.52. The Hall–Kier alpha value is -0.890. The molecule has 1 aromatic rings. The molecule has 3 N–H and O–H groups in total. The van der Waals surface area contributed by atoms with Gasteiger partial charge >= 0.3 is 0 Å². The highest BCUT2D eigenvalue weighted by Gasteiger charge is 2.18. The molecule has 1 fully saturated rings. The van der Waals surface area contributed by atoms with Gasteiger partial charge in [-0.2, -0.15) is 0 Å². The molecule has 0 bridgehead atoms. The van der Waals surface area contributed by atoms with E-state index in [2.05, 4.69) is 21.8 Å². The lowest BCUT2D eigenvalue weighted by Gasteiger charge is -2.31. The van der Waals surface area contributed by atoms with Gasteiger partial charge in [-0.05, 0) is 37.3 Å². The third-order valence-electron chi connectivity index (χ3n) is 3.97. The van der Waals surface area contributed by atoms with Crippen molar-refractivity contribution in [2.75, 3.05) is 26.2 Å². The number of aliphatic hydroxyl groups is 1. The number of nitrogens with two attached hydrogens (primary N) is 1. The van der Waals surface area contributed by atoms with Crippen LogP contribution in [0.5, 0.6) is 0 Å². The van der Waals surface area contributed by atoms with Crippen LogP contribution in [0.1, 0.15) is 25.5 Å².